The molecule has 0 radical (unpaired) electrons. The number of piperidine rings is 1. The minimum absolute atomic E-state index is 0.0715. The van der Waals surface area contributed by atoms with Crippen molar-refractivity contribution in [1.29, 1.82) is 0 Å². The fourth-order valence-electron chi connectivity index (χ4n) is 5.33. The van der Waals surface area contributed by atoms with Crippen LogP contribution in [-0.4, -0.2) is 87.8 Å². The van der Waals surface area contributed by atoms with E-state index in [1.807, 2.05) is 16.8 Å². The van der Waals surface area contributed by atoms with Crippen LogP contribution in [0.15, 0.2) is 55.0 Å². The number of halogens is 3. The van der Waals surface area contributed by atoms with Gasteiger partial charge in [-0.3, -0.25) is 9.88 Å². The average Bonchev–Trinajstić information content (AvgIpc) is 3.42. The van der Waals surface area contributed by atoms with Crippen molar-refractivity contribution in [1.82, 2.24) is 29.6 Å². The van der Waals surface area contributed by atoms with Gasteiger partial charge >= 0.3 is 12.2 Å². The molecular weight excluding hydrogens is 551 g/mol. The summed E-state index contributed by atoms with van der Waals surface area (Å²) in [5, 5.41) is 11.0. The van der Waals surface area contributed by atoms with E-state index < -0.39 is 12.7 Å². The first-order valence-corrected chi connectivity index (χ1v) is 13.8. The number of hydrogen-bond donors (Lipinski definition) is 2. The number of amides is 2. The third kappa shape index (κ3) is 6.44. The first-order chi connectivity index (χ1) is 20.3. The number of aromatic nitrogens is 5. The Morgan fingerprint density at radius 2 is 1.60 bits per heavy atom. The van der Waals surface area contributed by atoms with Crippen molar-refractivity contribution >= 4 is 34.3 Å². The maximum Gasteiger partial charge on any atom is 0.401 e. The number of benzene rings is 1. The number of likely N-dealkylation sites (tertiary alicyclic amines) is 1. The molecule has 0 aliphatic carbocycles. The van der Waals surface area contributed by atoms with Gasteiger partial charge in [-0.2, -0.15) is 18.3 Å². The van der Waals surface area contributed by atoms with Gasteiger partial charge in [-0.15, -0.1) is 0 Å². The fraction of sp³-hybridized carbons (Fsp3) is 0.393. The number of pyridine rings is 1. The molecular formula is C28H30F3N9O2. The van der Waals surface area contributed by atoms with E-state index in [0.29, 0.717) is 75.1 Å². The van der Waals surface area contributed by atoms with Crippen molar-refractivity contribution in [3.8, 4) is 11.4 Å². The van der Waals surface area contributed by atoms with Gasteiger partial charge in [0.2, 0.25) is 0 Å². The number of ether oxygens (including phenoxy) is 1. The molecule has 2 aliphatic heterocycles. The lowest BCUT2D eigenvalue weighted by atomic mass is 10.1. The molecule has 6 rings (SSSR count). The van der Waals surface area contributed by atoms with Crippen molar-refractivity contribution in [2.24, 2.45) is 0 Å². The number of carbonyl (C=O) groups is 1. The van der Waals surface area contributed by atoms with E-state index in [2.05, 4.69) is 25.6 Å². The highest BCUT2D eigenvalue weighted by atomic mass is 19.4. The van der Waals surface area contributed by atoms with Crippen molar-refractivity contribution in [2.45, 2.75) is 25.1 Å². The molecule has 220 valence electrons. The van der Waals surface area contributed by atoms with Crippen LogP contribution >= 0.6 is 0 Å². The number of morpholine rings is 1. The lowest BCUT2D eigenvalue weighted by Gasteiger charge is -2.32. The molecule has 0 unspecified atom stereocenters. The molecule has 2 N–H and O–H groups in total. The summed E-state index contributed by atoms with van der Waals surface area (Å²) in [5.41, 5.74) is 2.61. The minimum Gasteiger partial charge on any atom is -0.378 e. The molecule has 0 atom stereocenters. The first-order valence-electron chi connectivity index (χ1n) is 13.8. The van der Waals surface area contributed by atoms with Gasteiger partial charge in [-0.1, -0.05) is 0 Å². The Kier molecular flexibility index (Phi) is 7.89. The zero-order valence-electron chi connectivity index (χ0n) is 22.7. The van der Waals surface area contributed by atoms with Gasteiger partial charge < -0.3 is 20.3 Å². The van der Waals surface area contributed by atoms with E-state index in [1.165, 1.54) is 4.90 Å². The van der Waals surface area contributed by atoms with E-state index in [-0.39, 0.29) is 12.1 Å². The molecule has 1 aromatic carbocycles. The van der Waals surface area contributed by atoms with Crippen molar-refractivity contribution in [3.05, 3.63) is 55.0 Å². The Morgan fingerprint density at radius 1 is 0.929 bits per heavy atom. The van der Waals surface area contributed by atoms with Gasteiger partial charge in [0.25, 0.3) is 0 Å². The molecule has 5 heterocycles. The number of urea groups is 1. The van der Waals surface area contributed by atoms with Crippen LogP contribution in [0.1, 0.15) is 18.9 Å². The third-order valence-corrected chi connectivity index (χ3v) is 7.39. The molecule has 14 heteroatoms. The molecule has 2 saturated heterocycles. The van der Waals surface area contributed by atoms with Crippen LogP contribution in [-0.2, 0) is 4.74 Å². The quantitative estimate of drug-likeness (QED) is 0.341. The number of fused-ring (bicyclic) bond motifs is 1. The lowest BCUT2D eigenvalue weighted by Crippen LogP contribution is -2.40. The smallest absolute Gasteiger partial charge is 0.378 e. The highest BCUT2D eigenvalue weighted by Crippen LogP contribution is 2.33. The number of nitrogens with one attached hydrogen (secondary N) is 2. The molecule has 0 saturated carbocycles. The molecule has 3 aromatic heterocycles. The van der Waals surface area contributed by atoms with Crippen LogP contribution in [0.4, 0.5) is 35.2 Å². The van der Waals surface area contributed by atoms with Crippen molar-refractivity contribution in [2.75, 3.05) is 61.5 Å². The van der Waals surface area contributed by atoms with E-state index in [1.54, 1.807) is 42.9 Å². The molecule has 0 bridgehead atoms. The zero-order chi connectivity index (χ0) is 29.1. The van der Waals surface area contributed by atoms with Crippen LogP contribution in [0.2, 0.25) is 0 Å². The molecule has 42 heavy (non-hydrogen) atoms. The highest BCUT2D eigenvalue weighted by Gasteiger charge is 2.33. The summed E-state index contributed by atoms with van der Waals surface area (Å²) in [6.07, 6.45) is 1.81. The van der Waals surface area contributed by atoms with Gasteiger partial charge in [0.1, 0.15) is 5.82 Å². The Labute approximate surface area is 239 Å². The Hall–Kier alpha value is -4.30. The van der Waals surface area contributed by atoms with Crippen LogP contribution < -0.4 is 15.5 Å². The second-order valence-corrected chi connectivity index (χ2v) is 10.3. The predicted molar refractivity (Wildman–Crippen MR) is 151 cm³/mol. The topological polar surface area (TPSA) is 113 Å². The predicted octanol–water partition coefficient (Wildman–Crippen LogP) is 4.57. The summed E-state index contributed by atoms with van der Waals surface area (Å²) in [5.74, 6) is 1.24. The molecule has 2 aliphatic rings. The number of alkyl halides is 3. The number of nitrogens with zero attached hydrogens (tertiary/aromatic N) is 7. The van der Waals surface area contributed by atoms with E-state index >= 15 is 0 Å². The van der Waals surface area contributed by atoms with Crippen LogP contribution in [0.25, 0.3) is 22.4 Å². The molecule has 2 fully saturated rings. The van der Waals surface area contributed by atoms with Crippen LogP contribution in [0, 0.1) is 0 Å². The summed E-state index contributed by atoms with van der Waals surface area (Å²) in [6.45, 7) is 2.27. The van der Waals surface area contributed by atoms with Crippen molar-refractivity contribution < 1.29 is 22.7 Å². The third-order valence-electron chi connectivity index (χ3n) is 7.39. The number of anilines is 3. The maximum absolute atomic E-state index is 12.9. The largest absolute Gasteiger partial charge is 0.401 e. The van der Waals surface area contributed by atoms with E-state index in [0.717, 1.165) is 16.8 Å². The minimum atomic E-state index is -4.21. The van der Waals surface area contributed by atoms with Gasteiger partial charge in [0.15, 0.2) is 11.5 Å². The Bertz CT molecular complexity index is 1520. The van der Waals surface area contributed by atoms with Gasteiger partial charge in [0, 0.05) is 55.5 Å². The fourth-order valence-corrected chi connectivity index (χ4v) is 5.33. The zero-order valence-corrected chi connectivity index (χ0v) is 22.7. The second kappa shape index (κ2) is 11.9. The summed E-state index contributed by atoms with van der Waals surface area (Å²) in [6, 6.07) is 10.2. The molecule has 4 aromatic rings. The lowest BCUT2D eigenvalue weighted by molar-refractivity contribution is -0.148. The normalized spacial score (nSPS) is 17.0. The van der Waals surface area contributed by atoms with E-state index in [9.17, 15) is 18.0 Å². The van der Waals surface area contributed by atoms with Crippen molar-refractivity contribution in [3.63, 3.8) is 0 Å². The van der Waals surface area contributed by atoms with Crippen LogP contribution in [0.3, 0.4) is 0 Å². The maximum atomic E-state index is 12.9. The molecule has 11 nitrogen and oxygen atoms in total. The molecule has 2 amide bonds. The summed E-state index contributed by atoms with van der Waals surface area (Å²) in [7, 11) is 0. The number of hydrogen-bond acceptors (Lipinski definition) is 8. The average molecular weight is 582 g/mol. The van der Waals surface area contributed by atoms with Gasteiger partial charge in [0.05, 0.1) is 37.4 Å². The SMILES string of the molecule is O=C(Nc1ccncc1)Nc1ccc(-c2nc(N3CCOCC3)c3cnn(C4CCN(CC(F)(F)F)CC4)c3n2)cc1. The second-order valence-electron chi connectivity index (χ2n) is 10.3. The Balaban J connectivity index is 1.26. The first kappa shape index (κ1) is 27.8. The summed E-state index contributed by atoms with van der Waals surface area (Å²) >= 11 is 0. The highest BCUT2D eigenvalue weighted by molar-refractivity contribution is 5.99. The standard InChI is InChI=1S/C28H30F3N9O2/c29-28(30,31)18-38-11-7-22(8-12-38)40-26-23(17-33-40)25(39-13-15-42-16-14-39)36-24(37-26)19-1-3-20(4-2-19)34-27(41)35-21-5-9-32-10-6-21/h1-6,9-10,17,22H,7-8,11-16,18H2,(H2,32,34,35,41). The Morgan fingerprint density at radius 3 is 2.26 bits per heavy atom. The summed E-state index contributed by atoms with van der Waals surface area (Å²) in [4.78, 5) is 29.7. The van der Waals surface area contributed by atoms with Gasteiger partial charge in [-0.25, -0.2) is 19.4 Å². The van der Waals surface area contributed by atoms with Crippen LogP contribution in [0.5, 0.6) is 0 Å². The van der Waals surface area contributed by atoms with Gasteiger partial charge in [-0.05, 0) is 49.2 Å². The monoisotopic (exact) mass is 581 g/mol. The molecule has 0 spiro atoms. The number of rotatable bonds is 6. The number of carbonyl (C=O) groups excluding carboxylic acids is 1. The summed E-state index contributed by atoms with van der Waals surface area (Å²) < 4.78 is 46.1. The van der Waals surface area contributed by atoms with E-state index in [4.69, 9.17) is 14.7 Å².